The monoisotopic (exact) mass is 385 g/mol. The summed E-state index contributed by atoms with van der Waals surface area (Å²) in [6.07, 6.45) is 14.0. The van der Waals surface area contributed by atoms with E-state index in [1.54, 1.807) is 7.11 Å². The first-order valence-electron chi connectivity index (χ1n) is 10.8. The number of hydrogen-bond acceptors (Lipinski definition) is 4. The molecule has 3 rings (SSSR count). The van der Waals surface area contributed by atoms with Gasteiger partial charge in [-0.2, -0.15) is 0 Å². The van der Waals surface area contributed by atoms with Gasteiger partial charge in [-0.1, -0.05) is 45.1 Å². The predicted molar refractivity (Wildman–Crippen MR) is 116 cm³/mol. The lowest BCUT2D eigenvalue weighted by Crippen LogP contribution is -2.92. The predicted octanol–water partition coefficient (Wildman–Crippen LogP) is 3.63. The maximum Gasteiger partial charge on any atom is 0.223 e. The fourth-order valence-corrected chi connectivity index (χ4v) is 4.58. The largest absolute Gasteiger partial charge is 0.496 e. The van der Waals surface area contributed by atoms with E-state index in [0.29, 0.717) is 0 Å². The summed E-state index contributed by atoms with van der Waals surface area (Å²) in [5, 5.41) is 6.70. The van der Waals surface area contributed by atoms with Gasteiger partial charge >= 0.3 is 0 Å². The van der Waals surface area contributed by atoms with Crippen molar-refractivity contribution >= 4 is 5.69 Å². The second-order valence-corrected chi connectivity index (χ2v) is 8.15. The molecule has 0 aromatic heterocycles. The number of hydrogen-bond donors (Lipinski definition) is 4. The van der Waals surface area contributed by atoms with Crippen molar-refractivity contribution in [3.05, 3.63) is 47.4 Å². The van der Waals surface area contributed by atoms with Crippen LogP contribution in [0.3, 0.4) is 0 Å². The number of methoxy groups -OCH3 is 1. The van der Waals surface area contributed by atoms with E-state index in [9.17, 15) is 0 Å². The number of rotatable bonds is 9. The van der Waals surface area contributed by atoms with Crippen LogP contribution in [0.1, 0.15) is 57.4 Å². The minimum absolute atomic E-state index is 0.743. The highest BCUT2D eigenvalue weighted by Gasteiger charge is 2.23. The normalized spacial score (nSPS) is 22.0. The van der Waals surface area contributed by atoms with Crippen LogP contribution < -0.4 is 26.2 Å². The Kier molecular flexibility index (Phi) is 7.66. The molecule has 0 radical (unpaired) electrons. The first-order valence-corrected chi connectivity index (χ1v) is 10.8. The van der Waals surface area contributed by atoms with Gasteiger partial charge in [0, 0.05) is 37.0 Å². The Hall–Kier alpha value is -2.14. The minimum Gasteiger partial charge on any atom is -0.496 e. The molecule has 154 valence electrons. The van der Waals surface area contributed by atoms with Crippen molar-refractivity contribution in [2.75, 3.05) is 19.5 Å². The van der Waals surface area contributed by atoms with Crippen LogP contribution in [0.25, 0.3) is 0 Å². The van der Waals surface area contributed by atoms with Crippen LogP contribution in [0.15, 0.2) is 41.9 Å². The summed E-state index contributed by atoms with van der Waals surface area (Å²) >= 11 is 0. The van der Waals surface area contributed by atoms with Crippen molar-refractivity contribution < 1.29 is 10.2 Å². The van der Waals surface area contributed by atoms with Gasteiger partial charge in [-0.25, -0.2) is 10.9 Å². The minimum atomic E-state index is 0.743. The Labute approximate surface area is 170 Å². The van der Waals surface area contributed by atoms with E-state index in [2.05, 4.69) is 47.4 Å². The fraction of sp³-hybridized carbons (Fsp3) is 0.565. The fourth-order valence-electron chi connectivity index (χ4n) is 4.58. The number of nitrogens with one attached hydrogen (secondary N) is 3. The molecule has 2 unspecified atom stereocenters. The molecule has 1 saturated carbocycles. The van der Waals surface area contributed by atoms with E-state index in [-0.39, 0.29) is 0 Å². The van der Waals surface area contributed by atoms with Crippen molar-refractivity contribution in [2.24, 2.45) is 11.8 Å². The highest BCUT2D eigenvalue weighted by atomic mass is 16.5. The molecule has 0 amide bonds. The van der Waals surface area contributed by atoms with Crippen LogP contribution in [0.4, 0.5) is 5.69 Å². The number of anilines is 1. The van der Waals surface area contributed by atoms with Crippen LogP contribution >= 0.6 is 0 Å². The second-order valence-electron chi connectivity index (χ2n) is 8.15. The summed E-state index contributed by atoms with van der Waals surface area (Å²) in [6, 6.07) is 6.23. The number of ether oxygens (including phenoxy) is 1. The second kappa shape index (κ2) is 10.4. The van der Waals surface area contributed by atoms with Crippen LogP contribution in [0, 0.1) is 11.8 Å². The van der Waals surface area contributed by atoms with Gasteiger partial charge < -0.3 is 15.4 Å². The van der Waals surface area contributed by atoms with Gasteiger partial charge in [-0.3, -0.25) is 0 Å². The Bertz CT molecular complexity index is 696. The summed E-state index contributed by atoms with van der Waals surface area (Å²) in [6.45, 7) is 3.06. The highest BCUT2D eigenvalue weighted by Crippen LogP contribution is 2.35. The molecule has 1 aliphatic carbocycles. The van der Waals surface area contributed by atoms with Crippen LogP contribution in [0.2, 0.25) is 0 Å². The lowest BCUT2D eigenvalue weighted by Gasteiger charge is -2.29. The molecule has 0 saturated heterocycles. The molecule has 0 spiro atoms. The number of quaternary nitrogens is 1. The maximum atomic E-state index is 5.54. The van der Waals surface area contributed by atoms with Gasteiger partial charge in [-0.15, -0.1) is 0 Å². The standard InChI is InChI=1S/C23H36N4O/c1-4-6-17-7-5-8-18(11-17)12-19-13-23(27-26-15-19)25-16-20-9-10-21(24-2)14-22(20)28-3/h9-10,13-15,17-18,24-27H,4-8,11-12,16H2,1-3H3/p+1. The Balaban J connectivity index is 1.55. The summed E-state index contributed by atoms with van der Waals surface area (Å²) in [5.74, 6) is 3.83. The molecule has 1 aromatic rings. The highest BCUT2D eigenvalue weighted by molar-refractivity contribution is 5.51. The van der Waals surface area contributed by atoms with E-state index in [4.69, 9.17) is 4.74 Å². The van der Waals surface area contributed by atoms with Crippen molar-refractivity contribution in [1.82, 2.24) is 10.7 Å². The zero-order valence-corrected chi connectivity index (χ0v) is 17.7. The lowest BCUT2D eigenvalue weighted by molar-refractivity contribution is -0.662. The average molecular weight is 386 g/mol. The summed E-state index contributed by atoms with van der Waals surface area (Å²) in [4.78, 5) is 0. The third kappa shape index (κ3) is 5.68. The van der Waals surface area contributed by atoms with Gasteiger partial charge in [0.25, 0.3) is 0 Å². The van der Waals surface area contributed by atoms with Crippen molar-refractivity contribution in [3.8, 4) is 5.75 Å². The molecular formula is C23H37N4O+. The van der Waals surface area contributed by atoms with Gasteiger partial charge in [-0.05, 0) is 36.3 Å². The van der Waals surface area contributed by atoms with E-state index in [1.807, 2.05) is 18.5 Å². The lowest BCUT2D eigenvalue weighted by atomic mass is 9.77. The molecule has 1 fully saturated rings. The molecule has 0 bridgehead atoms. The molecule has 5 nitrogen and oxygen atoms in total. The van der Waals surface area contributed by atoms with E-state index >= 15 is 0 Å². The van der Waals surface area contributed by atoms with E-state index in [0.717, 1.165) is 41.2 Å². The van der Waals surface area contributed by atoms with Gasteiger partial charge in [0.05, 0.1) is 13.3 Å². The molecule has 2 aliphatic rings. The van der Waals surface area contributed by atoms with E-state index < -0.39 is 0 Å². The van der Waals surface area contributed by atoms with Crippen molar-refractivity contribution in [3.63, 3.8) is 0 Å². The quantitative estimate of drug-likeness (QED) is 0.490. The van der Waals surface area contributed by atoms with Gasteiger partial charge in [0.1, 0.15) is 5.75 Å². The molecule has 1 aromatic carbocycles. The molecule has 5 N–H and O–H groups in total. The molecule has 1 heterocycles. The zero-order chi connectivity index (χ0) is 19.8. The van der Waals surface area contributed by atoms with Gasteiger partial charge in [0.15, 0.2) is 0 Å². The summed E-state index contributed by atoms with van der Waals surface area (Å²) < 4.78 is 5.54. The third-order valence-corrected chi connectivity index (χ3v) is 6.02. The van der Waals surface area contributed by atoms with Gasteiger partial charge in [0.2, 0.25) is 5.82 Å². The van der Waals surface area contributed by atoms with Crippen LogP contribution in [-0.2, 0) is 6.54 Å². The SMILES string of the molecule is CCCC1CCCC(CC2=CN[NH2+]C(NCc3ccc(NC)cc3OC)=C2)C1. The molecule has 2 atom stereocenters. The Morgan fingerprint density at radius 3 is 2.89 bits per heavy atom. The summed E-state index contributed by atoms with van der Waals surface area (Å²) in [5.41, 5.74) is 9.00. The number of allylic oxidation sites excluding steroid dienone is 2. The Morgan fingerprint density at radius 1 is 1.25 bits per heavy atom. The first kappa shape index (κ1) is 20.6. The number of nitrogens with two attached hydrogens (primary N) is 1. The Morgan fingerprint density at radius 2 is 2.11 bits per heavy atom. The topological polar surface area (TPSA) is 61.9 Å². The van der Waals surface area contributed by atoms with Crippen molar-refractivity contribution in [2.45, 2.75) is 58.4 Å². The number of benzene rings is 1. The summed E-state index contributed by atoms with van der Waals surface area (Å²) in [7, 11) is 3.65. The molecule has 28 heavy (non-hydrogen) atoms. The first-order chi connectivity index (χ1) is 13.7. The maximum absolute atomic E-state index is 5.54. The molecule has 5 heteroatoms. The molecular weight excluding hydrogens is 348 g/mol. The van der Waals surface area contributed by atoms with E-state index in [1.165, 1.54) is 50.5 Å². The van der Waals surface area contributed by atoms with Crippen LogP contribution in [-0.4, -0.2) is 14.2 Å². The van der Waals surface area contributed by atoms with Crippen molar-refractivity contribution in [1.29, 1.82) is 0 Å². The molecule has 1 aliphatic heterocycles. The smallest absolute Gasteiger partial charge is 0.223 e. The van der Waals surface area contributed by atoms with Crippen LogP contribution in [0.5, 0.6) is 5.75 Å². The zero-order valence-electron chi connectivity index (χ0n) is 17.7. The third-order valence-electron chi connectivity index (χ3n) is 6.02. The average Bonchev–Trinajstić information content (AvgIpc) is 2.73.